The van der Waals surface area contributed by atoms with Crippen LogP contribution in [-0.4, -0.2) is 14.7 Å². The molecule has 1 atom stereocenters. The van der Waals surface area contributed by atoms with Crippen molar-refractivity contribution in [1.82, 2.24) is 0 Å². The number of hydrogen-bond donors (Lipinski definition) is 0. The Bertz CT molecular complexity index is 459. The van der Waals surface area contributed by atoms with Gasteiger partial charge in [-0.3, -0.25) is 0 Å². The van der Waals surface area contributed by atoms with Crippen LogP contribution in [0.15, 0.2) is 28.7 Å². The van der Waals surface area contributed by atoms with Crippen LogP contribution in [-0.2, 0) is 9.84 Å². The van der Waals surface area contributed by atoms with Gasteiger partial charge in [0.15, 0.2) is 15.1 Å². The average Bonchev–Trinajstić information content (AvgIpc) is 2.07. The van der Waals surface area contributed by atoms with Crippen LogP contribution in [0, 0.1) is 11.3 Å². The molecule has 0 radical (unpaired) electrons. The normalized spacial score (nSPS) is 13.2. The molecule has 0 aliphatic rings. The second-order valence-corrected chi connectivity index (χ2v) is 5.94. The van der Waals surface area contributed by atoms with Crippen molar-refractivity contribution < 1.29 is 8.42 Å². The molecule has 0 heterocycles. The molecule has 0 saturated heterocycles. The molecule has 1 rings (SSSR count). The summed E-state index contributed by atoms with van der Waals surface area (Å²) in [4.78, 5) is 0. The third-order valence-corrected chi connectivity index (χ3v) is 3.48. The van der Waals surface area contributed by atoms with Gasteiger partial charge < -0.3 is 0 Å². The SMILES string of the molecule is CS(=O)(=O)C(C#N)c1ccc(Br)cc1. The number of hydrogen-bond acceptors (Lipinski definition) is 3. The number of halogens is 1. The maximum atomic E-state index is 11.2. The van der Waals surface area contributed by atoms with Gasteiger partial charge in [0.05, 0.1) is 6.07 Å². The summed E-state index contributed by atoms with van der Waals surface area (Å²) in [5, 5.41) is 7.67. The van der Waals surface area contributed by atoms with Gasteiger partial charge in [-0.05, 0) is 17.7 Å². The monoisotopic (exact) mass is 273 g/mol. The first-order valence-corrected chi connectivity index (χ1v) is 6.54. The predicted octanol–water partition coefficient (Wildman–Crippen LogP) is 2.06. The highest BCUT2D eigenvalue weighted by atomic mass is 79.9. The predicted molar refractivity (Wildman–Crippen MR) is 57.3 cm³/mol. The lowest BCUT2D eigenvalue weighted by atomic mass is 10.2. The van der Waals surface area contributed by atoms with E-state index >= 15 is 0 Å². The minimum atomic E-state index is -3.36. The quantitative estimate of drug-likeness (QED) is 0.829. The molecule has 0 saturated carbocycles. The summed E-state index contributed by atoms with van der Waals surface area (Å²) in [6.07, 6.45) is 1.06. The molecule has 5 heteroatoms. The first kappa shape index (κ1) is 11.2. The minimum absolute atomic E-state index is 0.498. The van der Waals surface area contributed by atoms with E-state index in [0.717, 1.165) is 10.7 Å². The van der Waals surface area contributed by atoms with Crippen LogP contribution in [0.1, 0.15) is 10.8 Å². The number of nitriles is 1. The fourth-order valence-electron chi connectivity index (χ4n) is 1.06. The smallest absolute Gasteiger partial charge is 0.172 e. The zero-order chi connectivity index (χ0) is 10.8. The van der Waals surface area contributed by atoms with Gasteiger partial charge in [0.2, 0.25) is 0 Å². The molecule has 0 aromatic heterocycles. The summed E-state index contributed by atoms with van der Waals surface area (Å²) in [7, 11) is -3.36. The lowest BCUT2D eigenvalue weighted by Crippen LogP contribution is -2.09. The second-order valence-electron chi connectivity index (χ2n) is 2.89. The van der Waals surface area contributed by atoms with Crippen LogP contribution in [0.2, 0.25) is 0 Å². The van der Waals surface area contributed by atoms with Crippen molar-refractivity contribution in [3.63, 3.8) is 0 Å². The largest absolute Gasteiger partial charge is 0.227 e. The van der Waals surface area contributed by atoms with Gasteiger partial charge in [-0.15, -0.1) is 0 Å². The maximum absolute atomic E-state index is 11.2. The molecular formula is C9H8BrNO2S. The van der Waals surface area contributed by atoms with Gasteiger partial charge in [0.25, 0.3) is 0 Å². The summed E-state index contributed by atoms with van der Waals surface area (Å²) in [5.41, 5.74) is 0.498. The summed E-state index contributed by atoms with van der Waals surface area (Å²) in [6.45, 7) is 0. The molecule has 74 valence electrons. The summed E-state index contributed by atoms with van der Waals surface area (Å²) < 4.78 is 23.3. The van der Waals surface area contributed by atoms with Gasteiger partial charge in [-0.1, -0.05) is 28.1 Å². The van der Waals surface area contributed by atoms with E-state index in [4.69, 9.17) is 5.26 Å². The highest BCUT2D eigenvalue weighted by Crippen LogP contribution is 2.22. The standard InChI is InChI=1S/C9H8BrNO2S/c1-14(12,13)9(6-11)7-2-4-8(10)5-3-7/h2-5,9H,1H3. The van der Waals surface area contributed by atoms with E-state index in [1.54, 1.807) is 30.3 Å². The Kier molecular flexibility index (Phi) is 3.29. The van der Waals surface area contributed by atoms with Crippen molar-refractivity contribution in [2.45, 2.75) is 5.25 Å². The first-order valence-electron chi connectivity index (χ1n) is 3.79. The van der Waals surface area contributed by atoms with Gasteiger partial charge >= 0.3 is 0 Å². The van der Waals surface area contributed by atoms with Crippen LogP contribution >= 0.6 is 15.9 Å². The number of sulfone groups is 1. The Morgan fingerprint density at radius 3 is 2.21 bits per heavy atom. The van der Waals surface area contributed by atoms with Gasteiger partial charge in [-0.2, -0.15) is 5.26 Å². The lowest BCUT2D eigenvalue weighted by Gasteiger charge is -2.06. The summed E-state index contributed by atoms with van der Waals surface area (Å²) in [6, 6.07) is 8.45. The van der Waals surface area contributed by atoms with Crippen LogP contribution in [0.3, 0.4) is 0 Å². The van der Waals surface area contributed by atoms with Crippen molar-refractivity contribution in [1.29, 1.82) is 5.26 Å². The zero-order valence-electron chi connectivity index (χ0n) is 7.44. The summed E-state index contributed by atoms with van der Waals surface area (Å²) >= 11 is 3.23. The van der Waals surface area contributed by atoms with Crippen molar-refractivity contribution >= 4 is 25.8 Å². The number of benzene rings is 1. The molecule has 3 nitrogen and oxygen atoms in total. The first-order chi connectivity index (χ1) is 6.45. The fourth-order valence-corrected chi connectivity index (χ4v) is 2.16. The molecule has 0 N–H and O–H groups in total. The Labute approximate surface area is 91.4 Å². The van der Waals surface area contributed by atoms with Crippen molar-refractivity contribution in [2.24, 2.45) is 0 Å². The van der Waals surface area contributed by atoms with Gasteiger partial charge in [0, 0.05) is 10.7 Å². The molecule has 1 aromatic carbocycles. The van der Waals surface area contributed by atoms with E-state index in [0.29, 0.717) is 5.56 Å². The average molecular weight is 274 g/mol. The molecular weight excluding hydrogens is 266 g/mol. The van der Waals surface area contributed by atoms with Crippen molar-refractivity contribution in [3.05, 3.63) is 34.3 Å². The van der Waals surface area contributed by atoms with E-state index in [1.165, 1.54) is 0 Å². The Morgan fingerprint density at radius 1 is 1.36 bits per heavy atom. The van der Waals surface area contributed by atoms with Crippen LogP contribution in [0.4, 0.5) is 0 Å². The highest BCUT2D eigenvalue weighted by molar-refractivity contribution is 9.10. The third-order valence-electron chi connectivity index (χ3n) is 1.72. The number of rotatable bonds is 2. The molecule has 0 aliphatic carbocycles. The Balaban J connectivity index is 3.17. The molecule has 1 aromatic rings. The molecule has 0 fully saturated rings. The van der Waals surface area contributed by atoms with Crippen LogP contribution in [0.5, 0.6) is 0 Å². The Hall–Kier alpha value is -0.860. The zero-order valence-corrected chi connectivity index (χ0v) is 9.84. The molecule has 0 amide bonds. The van der Waals surface area contributed by atoms with Gasteiger partial charge in [-0.25, -0.2) is 8.42 Å². The van der Waals surface area contributed by atoms with Crippen LogP contribution < -0.4 is 0 Å². The maximum Gasteiger partial charge on any atom is 0.172 e. The molecule has 1 unspecified atom stereocenters. The molecule has 0 bridgehead atoms. The minimum Gasteiger partial charge on any atom is -0.227 e. The van der Waals surface area contributed by atoms with E-state index in [-0.39, 0.29) is 0 Å². The third kappa shape index (κ3) is 2.56. The van der Waals surface area contributed by atoms with E-state index < -0.39 is 15.1 Å². The lowest BCUT2D eigenvalue weighted by molar-refractivity contribution is 0.597. The van der Waals surface area contributed by atoms with Crippen LogP contribution in [0.25, 0.3) is 0 Å². The van der Waals surface area contributed by atoms with Crippen molar-refractivity contribution in [3.8, 4) is 6.07 Å². The van der Waals surface area contributed by atoms with E-state index in [9.17, 15) is 8.42 Å². The van der Waals surface area contributed by atoms with E-state index in [1.807, 2.05) is 0 Å². The number of nitrogens with zero attached hydrogens (tertiary/aromatic N) is 1. The Morgan fingerprint density at radius 2 is 1.86 bits per heavy atom. The summed E-state index contributed by atoms with van der Waals surface area (Å²) in [5.74, 6) is 0. The second kappa shape index (κ2) is 4.11. The van der Waals surface area contributed by atoms with Gasteiger partial charge in [0.1, 0.15) is 0 Å². The molecule has 14 heavy (non-hydrogen) atoms. The van der Waals surface area contributed by atoms with E-state index in [2.05, 4.69) is 15.9 Å². The highest BCUT2D eigenvalue weighted by Gasteiger charge is 2.21. The molecule has 0 spiro atoms. The van der Waals surface area contributed by atoms with Crippen molar-refractivity contribution in [2.75, 3.05) is 6.26 Å². The fraction of sp³-hybridized carbons (Fsp3) is 0.222. The topological polar surface area (TPSA) is 57.9 Å². The molecule has 0 aliphatic heterocycles.